The summed E-state index contributed by atoms with van der Waals surface area (Å²) in [6.45, 7) is 7.22. The van der Waals surface area contributed by atoms with Crippen molar-refractivity contribution >= 4 is 15.9 Å². The Morgan fingerprint density at radius 3 is 2.84 bits per heavy atom. The van der Waals surface area contributed by atoms with Crippen LogP contribution < -0.4 is 10.1 Å². The van der Waals surface area contributed by atoms with E-state index in [9.17, 15) is 0 Å². The van der Waals surface area contributed by atoms with Crippen molar-refractivity contribution in [2.75, 3.05) is 13.2 Å². The first kappa shape index (κ1) is 14.9. The Balaban J connectivity index is 1.82. The molecule has 3 heteroatoms. The van der Waals surface area contributed by atoms with Crippen LogP contribution >= 0.6 is 15.9 Å². The number of rotatable bonds is 8. The van der Waals surface area contributed by atoms with Gasteiger partial charge >= 0.3 is 0 Å². The largest absolute Gasteiger partial charge is 0.494 e. The third-order valence-corrected chi connectivity index (χ3v) is 4.15. The Kier molecular flexibility index (Phi) is 5.71. The van der Waals surface area contributed by atoms with Crippen LogP contribution in [0.3, 0.4) is 0 Å². The average molecular weight is 326 g/mol. The van der Waals surface area contributed by atoms with Crippen LogP contribution in [0.5, 0.6) is 5.75 Å². The van der Waals surface area contributed by atoms with Gasteiger partial charge < -0.3 is 10.1 Å². The van der Waals surface area contributed by atoms with Crippen molar-refractivity contribution in [1.82, 2.24) is 5.32 Å². The molecule has 0 radical (unpaired) electrons. The van der Waals surface area contributed by atoms with Gasteiger partial charge in [0.25, 0.3) is 0 Å². The molecule has 0 aliphatic heterocycles. The molecule has 106 valence electrons. The number of nitrogens with one attached hydrogen (secondary N) is 1. The topological polar surface area (TPSA) is 21.3 Å². The van der Waals surface area contributed by atoms with E-state index in [1.165, 1.54) is 24.8 Å². The van der Waals surface area contributed by atoms with Gasteiger partial charge in [-0.25, -0.2) is 0 Å². The Labute approximate surface area is 125 Å². The highest BCUT2D eigenvalue weighted by atomic mass is 79.9. The molecular weight excluding hydrogens is 302 g/mol. The van der Waals surface area contributed by atoms with Gasteiger partial charge in [0.15, 0.2) is 0 Å². The molecule has 1 N–H and O–H groups in total. The van der Waals surface area contributed by atoms with Crippen LogP contribution in [0.4, 0.5) is 0 Å². The van der Waals surface area contributed by atoms with Crippen molar-refractivity contribution < 1.29 is 4.74 Å². The number of ether oxygens (including phenoxy) is 1. The summed E-state index contributed by atoms with van der Waals surface area (Å²) in [6.07, 6.45) is 4.00. The van der Waals surface area contributed by atoms with Gasteiger partial charge in [0, 0.05) is 11.0 Å². The molecule has 0 heterocycles. The second kappa shape index (κ2) is 7.30. The van der Waals surface area contributed by atoms with E-state index < -0.39 is 0 Å². The molecule has 2 rings (SSSR count). The van der Waals surface area contributed by atoms with E-state index >= 15 is 0 Å². The quantitative estimate of drug-likeness (QED) is 0.766. The maximum Gasteiger partial charge on any atom is 0.119 e. The van der Waals surface area contributed by atoms with Crippen molar-refractivity contribution in [3.05, 3.63) is 28.2 Å². The molecule has 0 amide bonds. The van der Waals surface area contributed by atoms with Crippen LogP contribution in [-0.2, 0) is 6.54 Å². The molecule has 1 fully saturated rings. The molecule has 0 unspecified atom stereocenters. The van der Waals surface area contributed by atoms with Crippen molar-refractivity contribution in [1.29, 1.82) is 0 Å². The van der Waals surface area contributed by atoms with Crippen LogP contribution in [0.1, 0.15) is 38.7 Å². The average Bonchev–Trinajstić information content (AvgIpc) is 3.16. The highest BCUT2D eigenvalue weighted by Crippen LogP contribution is 2.32. The van der Waals surface area contributed by atoms with E-state index in [1.54, 1.807) is 0 Å². The molecule has 1 saturated carbocycles. The van der Waals surface area contributed by atoms with Crippen molar-refractivity contribution in [3.8, 4) is 5.75 Å². The SMILES string of the molecule is CC(C)CNCc1cc(OCCC2CC2)ccc1Br. The maximum absolute atomic E-state index is 5.83. The van der Waals surface area contributed by atoms with Gasteiger partial charge in [-0.1, -0.05) is 42.6 Å². The lowest BCUT2D eigenvalue weighted by Crippen LogP contribution is -2.19. The van der Waals surface area contributed by atoms with Crippen molar-refractivity contribution in [2.24, 2.45) is 11.8 Å². The number of benzene rings is 1. The van der Waals surface area contributed by atoms with Crippen LogP contribution in [0.2, 0.25) is 0 Å². The highest BCUT2D eigenvalue weighted by Gasteiger charge is 2.20. The minimum atomic E-state index is 0.678. The van der Waals surface area contributed by atoms with Gasteiger partial charge in [-0.2, -0.15) is 0 Å². The van der Waals surface area contributed by atoms with E-state index in [2.05, 4.69) is 47.2 Å². The fourth-order valence-corrected chi connectivity index (χ4v) is 2.41. The number of hydrogen-bond donors (Lipinski definition) is 1. The van der Waals surface area contributed by atoms with E-state index in [-0.39, 0.29) is 0 Å². The second-order valence-corrected chi connectivity index (χ2v) is 6.71. The van der Waals surface area contributed by atoms with Gasteiger partial charge in [0.1, 0.15) is 5.75 Å². The molecular formula is C16H24BrNO. The predicted molar refractivity (Wildman–Crippen MR) is 83.5 cm³/mol. The summed E-state index contributed by atoms with van der Waals surface area (Å²) in [5.74, 6) is 2.60. The first-order chi connectivity index (χ1) is 9.15. The molecule has 0 bridgehead atoms. The summed E-state index contributed by atoms with van der Waals surface area (Å²) >= 11 is 3.60. The summed E-state index contributed by atoms with van der Waals surface area (Å²) in [5, 5.41) is 3.47. The third-order valence-electron chi connectivity index (χ3n) is 3.38. The van der Waals surface area contributed by atoms with Crippen molar-refractivity contribution in [3.63, 3.8) is 0 Å². The minimum Gasteiger partial charge on any atom is -0.494 e. The third kappa shape index (κ3) is 5.53. The van der Waals surface area contributed by atoms with Crippen LogP contribution in [-0.4, -0.2) is 13.2 Å². The molecule has 0 atom stereocenters. The lowest BCUT2D eigenvalue weighted by molar-refractivity contribution is 0.302. The number of halogens is 1. The fourth-order valence-electron chi connectivity index (χ4n) is 2.02. The Hall–Kier alpha value is -0.540. The van der Waals surface area contributed by atoms with E-state index in [0.717, 1.165) is 35.8 Å². The molecule has 0 aromatic heterocycles. The first-order valence-electron chi connectivity index (χ1n) is 7.27. The Morgan fingerprint density at radius 1 is 1.37 bits per heavy atom. The normalized spacial score (nSPS) is 14.9. The Morgan fingerprint density at radius 2 is 2.16 bits per heavy atom. The van der Waals surface area contributed by atoms with Gasteiger partial charge in [-0.05, 0) is 48.6 Å². The fraction of sp³-hybridized carbons (Fsp3) is 0.625. The summed E-state index contributed by atoms with van der Waals surface area (Å²) in [7, 11) is 0. The molecule has 1 aliphatic carbocycles. The summed E-state index contributed by atoms with van der Waals surface area (Å²) in [5.41, 5.74) is 1.27. The molecule has 2 nitrogen and oxygen atoms in total. The van der Waals surface area contributed by atoms with Gasteiger partial charge in [-0.3, -0.25) is 0 Å². The lowest BCUT2D eigenvalue weighted by atomic mass is 10.2. The summed E-state index contributed by atoms with van der Waals surface area (Å²) < 4.78 is 6.98. The molecule has 1 aliphatic rings. The van der Waals surface area contributed by atoms with Gasteiger partial charge in [0.05, 0.1) is 6.61 Å². The molecule has 0 saturated heterocycles. The zero-order valence-corrected chi connectivity index (χ0v) is 13.5. The second-order valence-electron chi connectivity index (χ2n) is 5.86. The zero-order chi connectivity index (χ0) is 13.7. The standard InChI is InChI=1S/C16H24BrNO/c1-12(2)10-18-11-14-9-15(5-6-16(14)17)19-8-7-13-3-4-13/h5-6,9,12-13,18H,3-4,7-8,10-11H2,1-2H3. The summed E-state index contributed by atoms with van der Waals surface area (Å²) in [6, 6.07) is 6.27. The molecule has 0 spiro atoms. The van der Waals surface area contributed by atoms with Crippen molar-refractivity contribution in [2.45, 2.75) is 39.7 Å². The monoisotopic (exact) mass is 325 g/mol. The molecule has 1 aromatic carbocycles. The molecule has 19 heavy (non-hydrogen) atoms. The zero-order valence-electron chi connectivity index (χ0n) is 11.9. The summed E-state index contributed by atoms with van der Waals surface area (Å²) in [4.78, 5) is 0. The van der Waals surface area contributed by atoms with Gasteiger partial charge in [0.2, 0.25) is 0 Å². The minimum absolute atomic E-state index is 0.678. The number of hydrogen-bond acceptors (Lipinski definition) is 2. The smallest absolute Gasteiger partial charge is 0.119 e. The van der Waals surface area contributed by atoms with Gasteiger partial charge in [-0.15, -0.1) is 0 Å². The van der Waals surface area contributed by atoms with E-state index in [1.807, 2.05) is 6.07 Å². The highest BCUT2D eigenvalue weighted by molar-refractivity contribution is 9.10. The molecule has 1 aromatic rings. The first-order valence-corrected chi connectivity index (χ1v) is 8.06. The van der Waals surface area contributed by atoms with E-state index in [0.29, 0.717) is 5.92 Å². The Bertz CT molecular complexity index is 402. The van der Waals surface area contributed by atoms with Crippen LogP contribution in [0.25, 0.3) is 0 Å². The lowest BCUT2D eigenvalue weighted by Gasteiger charge is -2.11. The predicted octanol–water partition coefficient (Wildman–Crippen LogP) is 4.37. The van der Waals surface area contributed by atoms with Crippen LogP contribution in [0, 0.1) is 11.8 Å². The van der Waals surface area contributed by atoms with Crippen LogP contribution in [0.15, 0.2) is 22.7 Å². The van der Waals surface area contributed by atoms with E-state index in [4.69, 9.17) is 4.74 Å². The maximum atomic E-state index is 5.83.